The predicted molar refractivity (Wildman–Crippen MR) is 154 cm³/mol. The van der Waals surface area contributed by atoms with Gasteiger partial charge in [0.05, 0.1) is 29.7 Å². The van der Waals surface area contributed by atoms with E-state index in [0.29, 0.717) is 44.2 Å². The fraction of sp³-hybridized carbons (Fsp3) is 0.355. The van der Waals surface area contributed by atoms with Crippen LogP contribution in [0.25, 0.3) is 11.1 Å². The Kier molecular flexibility index (Phi) is 9.58. The van der Waals surface area contributed by atoms with Gasteiger partial charge in [-0.1, -0.05) is 36.4 Å². The van der Waals surface area contributed by atoms with Gasteiger partial charge in [0.25, 0.3) is 0 Å². The minimum atomic E-state index is -3.98. The van der Waals surface area contributed by atoms with Crippen molar-refractivity contribution in [2.24, 2.45) is 5.73 Å². The summed E-state index contributed by atoms with van der Waals surface area (Å²) >= 11 is 0. The molecule has 3 aromatic carbocycles. The van der Waals surface area contributed by atoms with Crippen molar-refractivity contribution < 1.29 is 22.7 Å². The Morgan fingerprint density at radius 2 is 1.70 bits per heavy atom. The van der Waals surface area contributed by atoms with Crippen molar-refractivity contribution in [1.29, 1.82) is 5.26 Å². The van der Waals surface area contributed by atoms with Gasteiger partial charge in [-0.25, -0.2) is 8.42 Å². The summed E-state index contributed by atoms with van der Waals surface area (Å²) in [5.74, 6) is -0.240. The monoisotopic (exact) mass is 561 g/mol. The summed E-state index contributed by atoms with van der Waals surface area (Å²) in [5.41, 5.74) is 9.65. The SMILES string of the molecule is COCCN1CCC(C(N)=O)(S(=O)(=O)c2ccc(OCCCc3cccc(-c4ccc(C#N)cc4)c3)cc2)CC1. The Labute approximate surface area is 236 Å². The Bertz CT molecular complexity index is 1440. The van der Waals surface area contributed by atoms with Gasteiger partial charge < -0.3 is 20.1 Å². The lowest BCUT2D eigenvalue weighted by Crippen LogP contribution is -2.57. The number of nitriles is 1. The van der Waals surface area contributed by atoms with Gasteiger partial charge in [0, 0.05) is 26.7 Å². The van der Waals surface area contributed by atoms with Gasteiger partial charge in [-0.05, 0) is 78.8 Å². The quantitative estimate of drug-likeness (QED) is 0.332. The number of amides is 1. The van der Waals surface area contributed by atoms with Crippen molar-refractivity contribution in [1.82, 2.24) is 4.90 Å². The highest BCUT2D eigenvalue weighted by Gasteiger charge is 2.51. The van der Waals surface area contributed by atoms with E-state index in [2.05, 4.69) is 23.1 Å². The smallest absolute Gasteiger partial charge is 0.239 e. The zero-order valence-electron chi connectivity index (χ0n) is 22.7. The average Bonchev–Trinajstić information content (AvgIpc) is 2.98. The molecule has 9 heteroatoms. The molecule has 1 fully saturated rings. The molecule has 1 heterocycles. The Hall–Kier alpha value is -3.71. The molecule has 0 bridgehead atoms. The van der Waals surface area contributed by atoms with Gasteiger partial charge >= 0.3 is 0 Å². The van der Waals surface area contributed by atoms with Crippen LogP contribution in [0.4, 0.5) is 0 Å². The van der Waals surface area contributed by atoms with Crippen LogP contribution in [0.3, 0.4) is 0 Å². The molecule has 40 heavy (non-hydrogen) atoms. The molecule has 8 nitrogen and oxygen atoms in total. The number of aryl methyl sites for hydroxylation is 1. The summed E-state index contributed by atoms with van der Waals surface area (Å²) in [4.78, 5) is 14.6. The minimum absolute atomic E-state index is 0.0728. The van der Waals surface area contributed by atoms with Crippen molar-refractivity contribution in [2.45, 2.75) is 35.3 Å². The van der Waals surface area contributed by atoms with Gasteiger partial charge in [-0.3, -0.25) is 4.79 Å². The molecule has 2 N–H and O–H groups in total. The average molecular weight is 562 g/mol. The fourth-order valence-electron chi connectivity index (χ4n) is 5.06. The summed E-state index contributed by atoms with van der Waals surface area (Å²) < 4.78 is 36.5. The lowest BCUT2D eigenvalue weighted by molar-refractivity contribution is -0.121. The number of hydrogen-bond acceptors (Lipinski definition) is 7. The van der Waals surface area contributed by atoms with E-state index in [0.717, 1.165) is 24.0 Å². The Morgan fingerprint density at radius 3 is 2.33 bits per heavy atom. The molecule has 0 atom stereocenters. The van der Waals surface area contributed by atoms with Crippen LogP contribution in [-0.2, 0) is 25.8 Å². The van der Waals surface area contributed by atoms with Crippen molar-refractivity contribution in [2.75, 3.05) is 40.0 Å². The summed E-state index contributed by atoms with van der Waals surface area (Å²) in [6.45, 7) is 2.62. The molecule has 0 unspecified atom stereocenters. The number of sulfone groups is 1. The number of benzene rings is 3. The second kappa shape index (κ2) is 13.1. The maximum absolute atomic E-state index is 13.6. The third kappa shape index (κ3) is 6.53. The largest absolute Gasteiger partial charge is 0.494 e. The van der Waals surface area contributed by atoms with Crippen LogP contribution in [-0.4, -0.2) is 63.9 Å². The molecular formula is C31H35N3O5S. The first-order valence-electron chi connectivity index (χ1n) is 13.4. The molecule has 0 spiro atoms. The number of rotatable bonds is 12. The van der Waals surface area contributed by atoms with E-state index >= 15 is 0 Å². The molecular weight excluding hydrogens is 526 g/mol. The molecule has 1 saturated heterocycles. The Balaban J connectivity index is 1.33. The first-order valence-corrected chi connectivity index (χ1v) is 14.9. The molecule has 1 aliphatic heterocycles. The second-order valence-electron chi connectivity index (χ2n) is 10.0. The van der Waals surface area contributed by atoms with Crippen molar-refractivity contribution in [3.8, 4) is 22.9 Å². The van der Waals surface area contributed by atoms with Crippen molar-refractivity contribution in [3.05, 3.63) is 83.9 Å². The van der Waals surface area contributed by atoms with Crippen molar-refractivity contribution >= 4 is 15.7 Å². The number of primary amides is 1. The number of hydrogen-bond donors (Lipinski definition) is 1. The molecule has 0 saturated carbocycles. The van der Waals surface area contributed by atoms with E-state index in [1.165, 1.54) is 17.7 Å². The van der Waals surface area contributed by atoms with E-state index in [4.69, 9.17) is 20.5 Å². The van der Waals surface area contributed by atoms with Crippen LogP contribution in [0.1, 0.15) is 30.4 Å². The highest BCUT2D eigenvalue weighted by molar-refractivity contribution is 7.93. The predicted octanol–water partition coefficient (Wildman–Crippen LogP) is 3.98. The highest BCUT2D eigenvalue weighted by Crippen LogP contribution is 2.36. The number of nitrogens with two attached hydrogens (primary N) is 1. The molecule has 4 rings (SSSR count). The van der Waals surface area contributed by atoms with Crippen LogP contribution in [0.15, 0.2) is 77.7 Å². The summed E-state index contributed by atoms with van der Waals surface area (Å²) in [6.07, 6.45) is 1.90. The second-order valence-corrected chi connectivity index (χ2v) is 12.3. The molecule has 0 aromatic heterocycles. The van der Waals surface area contributed by atoms with Gasteiger partial charge in [0.15, 0.2) is 14.6 Å². The summed E-state index contributed by atoms with van der Waals surface area (Å²) in [6, 6.07) is 24.2. The van der Waals surface area contributed by atoms with Gasteiger partial charge in [0.1, 0.15) is 5.75 Å². The van der Waals surface area contributed by atoms with Gasteiger partial charge in [-0.2, -0.15) is 5.26 Å². The van der Waals surface area contributed by atoms with E-state index in [1.54, 1.807) is 19.2 Å². The third-order valence-electron chi connectivity index (χ3n) is 7.53. The standard InChI is InChI=1S/C31H35N3O5S/c1-38-21-19-34-17-15-31(16-18-34,30(33)35)40(36,37)29-13-11-28(12-14-29)39-20-3-5-24-4-2-6-27(22-24)26-9-7-25(23-32)8-10-26/h2,4,6-14,22H,3,5,15-21H2,1H3,(H2,33,35). The van der Waals surface area contributed by atoms with Gasteiger partial charge in [0.2, 0.25) is 5.91 Å². The molecule has 0 aliphatic carbocycles. The molecule has 0 radical (unpaired) electrons. The highest BCUT2D eigenvalue weighted by atomic mass is 32.2. The van der Waals surface area contributed by atoms with Crippen LogP contribution in [0, 0.1) is 11.3 Å². The molecule has 1 aliphatic rings. The molecule has 1 amide bonds. The maximum Gasteiger partial charge on any atom is 0.239 e. The molecule has 210 valence electrons. The number of carbonyl (C=O) groups excluding carboxylic acids is 1. The first-order chi connectivity index (χ1) is 19.3. The summed E-state index contributed by atoms with van der Waals surface area (Å²) in [5, 5.41) is 9.00. The number of piperidine rings is 1. The zero-order valence-corrected chi connectivity index (χ0v) is 23.5. The number of ether oxygens (including phenoxy) is 2. The van der Waals surface area contributed by atoms with Gasteiger partial charge in [-0.15, -0.1) is 0 Å². The topological polar surface area (TPSA) is 123 Å². The van der Waals surface area contributed by atoms with Crippen LogP contribution < -0.4 is 10.5 Å². The summed E-state index contributed by atoms with van der Waals surface area (Å²) in [7, 11) is -2.36. The zero-order chi connectivity index (χ0) is 28.6. The minimum Gasteiger partial charge on any atom is -0.494 e. The maximum atomic E-state index is 13.6. The fourth-order valence-corrected chi connectivity index (χ4v) is 6.99. The first kappa shape index (κ1) is 29.3. The normalized spacial score (nSPS) is 15.3. The lowest BCUT2D eigenvalue weighted by atomic mass is 9.95. The van der Waals surface area contributed by atoms with Crippen LogP contribution >= 0.6 is 0 Å². The molecule has 3 aromatic rings. The van der Waals surface area contributed by atoms with E-state index < -0.39 is 20.5 Å². The number of likely N-dealkylation sites (tertiary alicyclic amines) is 1. The number of nitrogens with zero attached hydrogens (tertiary/aromatic N) is 2. The Morgan fingerprint density at radius 1 is 1.00 bits per heavy atom. The lowest BCUT2D eigenvalue weighted by Gasteiger charge is -2.38. The van der Waals surface area contributed by atoms with E-state index in [-0.39, 0.29) is 17.7 Å². The third-order valence-corrected chi connectivity index (χ3v) is 10.1. The van der Waals surface area contributed by atoms with E-state index in [1.807, 2.05) is 36.4 Å². The number of methoxy groups -OCH3 is 1. The van der Waals surface area contributed by atoms with Crippen LogP contribution in [0.2, 0.25) is 0 Å². The number of carbonyl (C=O) groups is 1. The van der Waals surface area contributed by atoms with Crippen molar-refractivity contribution in [3.63, 3.8) is 0 Å². The van der Waals surface area contributed by atoms with E-state index in [9.17, 15) is 13.2 Å². The van der Waals surface area contributed by atoms with Crippen LogP contribution in [0.5, 0.6) is 5.75 Å².